The summed E-state index contributed by atoms with van der Waals surface area (Å²) in [6.45, 7) is 2.50. The van der Waals surface area contributed by atoms with Crippen molar-refractivity contribution in [1.29, 1.82) is 0 Å². The highest BCUT2D eigenvalue weighted by Gasteiger charge is 2.32. The molecule has 6 heteroatoms. The van der Waals surface area contributed by atoms with Crippen molar-refractivity contribution in [2.45, 2.75) is 51.5 Å². The van der Waals surface area contributed by atoms with Gasteiger partial charge in [-0.25, -0.2) is 0 Å². The maximum Gasteiger partial charge on any atom is 0.308 e. The van der Waals surface area contributed by atoms with Crippen molar-refractivity contribution in [2.24, 2.45) is 11.8 Å². The lowest BCUT2D eigenvalue weighted by Gasteiger charge is -2.32. The summed E-state index contributed by atoms with van der Waals surface area (Å²) in [7, 11) is 0. The molecule has 0 aromatic heterocycles. The van der Waals surface area contributed by atoms with Gasteiger partial charge in [0, 0.05) is 19.0 Å². The van der Waals surface area contributed by atoms with E-state index in [2.05, 4.69) is 5.32 Å². The highest BCUT2D eigenvalue weighted by atomic mass is 16.4. The van der Waals surface area contributed by atoms with E-state index in [0.717, 1.165) is 25.7 Å². The first-order valence-corrected chi connectivity index (χ1v) is 7.81. The molecule has 0 radical (unpaired) electrons. The summed E-state index contributed by atoms with van der Waals surface area (Å²) in [4.78, 5) is 37.0. The van der Waals surface area contributed by atoms with E-state index in [1.165, 1.54) is 0 Å². The normalized spacial score (nSPS) is 24.6. The van der Waals surface area contributed by atoms with Crippen LogP contribution in [0.3, 0.4) is 0 Å². The van der Waals surface area contributed by atoms with E-state index in [-0.39, 0.29) is 24.3 Å². The van der Waals surface area contributed by atoms with Crippen molar-refractivity contribution in [2.75, 3.05) is 13.1 Å². The Morgan fingerprint density at radius 2 is 1.71 bits per heavy atom. The number of carboxylic acids is 1. The van der Waals surface area contributed by atoms with Crippen LogP contribution in [0, 0.1) is 11.8 Å². The van der Waals surface area contributed by atoms with Gasteiger partial charge >= 0.3 is 5.97 Å². The van der Waals surface area contributed by atoms with Crippen molar-refractivity contribution < 1.29 is 19.5 Å². The first-order chi connectivity index (χ1) is 9.99. The maximum absolute atomic E-state index is 12.3. The Bertz CT molecular complexity index is 418. The number of piperidine rings is 1. The standard InChI is InChI=1S/C15H24N2O4/c1-10(16-13(18)11-5-2-3-6-11)14(19)17-8-4-7-12(9-17)15(20)21/h10-12H,2-9H2,1H3,(H,16,18)(H,20,21)/t10?,12-/m0/s1. The van der Waals surface area contributed by atoms with Gasteiger partial charge in [0.25, 0.3) is 0 Å². The van der Waals surface area contributed by atoms with Crippen LogP contribution in [-0.2, 0) is 14.4 Å². The van der Waals surface area contributed by atoms with Crippen LogP contribution in [-0.4, -0.2) is 46.9 Å². The molecule has 1 saturated heterocycles. The first kappa shape index (κ1) is 15.8. The molecule has 0 aromatic rings. The molecule has 1 unspecified atom stereocenters. The van der Waals surface area contributed by atoms with Crippen molar-refractivity contribution in [3.63, 3.8) is 0 Å². The molecule has 0 spiro atoms. The van der Waals surface area contributed by atoms with Crippen LogP contribution in [0.5, 0.6) is 0 Å². The van der Waals surface area contributed by atoms with Crippen molar-refractivity contribution in [3.8, 4) is 0 Å². The van der Waals surface area contributed by atoms with Crippen LogP contribution in [0.2, 0.25) is 0 Å². The van der Waals surface area contributed by atoms with E-state index >= 15 is 0 Å². The number of likely N-dealkylation sites (tertiary alicyclic amines) is 1. The lowest BCUT2D eigenvalue weighted by Crippen LogP contribution is -2.51. The van der Waals surface area contributed by atoms with Gasteiger partial charge in [0.05, 0.1) is 5.92 Å². The van der Waals surface area contributed by atoms with Gasteiger partial charge in [-0.2, -0.15) is 0 Å². The highest BCUT2D eigenvalue weighted by Crippen LogP contribution is 2.25. The Kier molecular flexibility index (Phi) is 5.20. The number of hydrogen-bond donors (Lipinski definition) is 2. The van der Waals surface area contributed by atoms with Crippen LogP contribution in [0.15, 0.2) is 0 Å². The van der Waals surface area contributed by atoms with E-state index < -0.39 is 17.9 Å². The summed E-state index contributed by atoms with van der Waals surface area (Å²) in [5.74, 6) is -1.52. The number of nitrogens with one attached hydrogen (secondary N) is 1. The predicted octanol–water partition coefficient (Wildman–Crippen LogP) is 1.00. The fourth-order valence-electron chi connectivity index (χ4n) is 3.23. The molecule has 2 rings (SSSR count). The number of rotatable bonds is 4. The van der Waals surface area contributed by atoms with Crippen molar-refractivity contribution in [1.82, 2.24) is 10.2 Å². The van der Waals surface area contributed by atoms with Crippen LogP contribution in [0.4, 0.5) is 0 Å². The minimum absolute atomic E-state index is 0.0355. The van der Waals surface area contributed by atoms with E-state index in [1.807, 2.05) is 0 Å². The zero-order chi connectivity index (χ0) is 15.4. The Morgan fingerprint density at radius 1 is 1.10 bits per heavy atom. The number of hydrogen-bond acceptors (Lipinski definition) is 3. The van der Waals surface area contributed by atoms with Crippen LogP contribution < -0.4 is 5.32 Å². The van der Waals surface area contributed by atoms with Gasteiger partial charge in [0.2, 0.25) is 11.8 Å². The first-order valence-electron chi connectivity index (χ1n) is 7.81. The number of carbonyl (C=O) groups is 3. The molecule has 1 aliphatic heterocycles. The molecule has 6 nitrogen and oxygen atoms in total. The van der Waals surface area contributed by atoms with Gasteiger partial charge in [-0.1, -0.05) is 12.8 Å². The molecule has 0 bridgehead atoms. The van der Waals surface area contributed by atoms with Gasteiger partial charge in [0.1, 0.15) is 6.04 Å². The summed E-state index contributed by atoms with van der Waals surface area (Å²) < 4.78 is 0. The highest BCUT2D eigenvalue weighted by molar-refractivity contribution is 5.88. The number of carboxylic acid groups (broad SMARTS) is 1. The summed E-state index contributed by atoms with van der Waals surface area (Å²) in [6, 6.07) is -0.578. The number of aliphatic carboxylic acids is 1. The number of amides is 2. The minimum Gasteiger partial charge on any atom is -0.481 e. The van der Waals surface area contributed by atoms with Gasteiger partial charge in [-0.15, -0.1) is 0 Å². The molecule has 118 valence electrons. The van der Waals surface area contributed by atoms with Gasteiger partial charge in [0.15, 0.2) is 0 Å². The molecule has 2 aliphatic rings. The molecule has 2 amide bonds. The Balaban J connectivity index is 1.86. The Morgan fingerprint density at radius 3 is 2.33 bits per heavy atom. The van der Waals surface area contributed by atoms with Crippen LogP contribution >= 0.6 is 0 Å². The molecule has 1 saturated carbocycles. The molecule has 1 heterocycles. The average Bonchev–Trinajstić information content (AvgIpc) is 3.00. The Labute approximate surface area is 124 Å². The third kappa shape index (κ3) is 3.95. The quantitative estimate of drug-likeness (QED) is 0.810. The summed E-state index contributed by atoms with van der Waals surface area (Å²) >= 11 is 0. The van der Waals surface area contributed by atoms with Crippen molar-refractivity contribution >= 4 is 17.8 Å². The third-order valence-electron chi connectivity index (χ3n) is 4.54. The maximum atomic E-state index is 12.3. The lowest BCUT2D eigenvalue weighted by atomic mass is 9.97. The fraction of sp³-hybridized carbons (Fsp3) is 0.800. The predicted molar refractivity (Wildman–Crippen MR) is 76.5 cm³/mol. The van der Waals surface area contributed by atoms with E-state index in [4.69, 9.17) is 5.11 Å². The summed E-state index contributed by atoms with van der Waals surface area (Å²) in [6.07, 6.45) is 5.27. The van der Waals surface area contributed by atoms with Crippen molar-refractivity contribution in [3.05, 3.63) is 0 Å². The molecule has 21 heavy (non-hydrogen) atoms. The van der Waals surface area contributed by atoms with Gasteiger partial charge in [-0.3, -0.25) is 14.4 Å². The van der Waals surface area contributed by atoms with E-state index in [0.29, 0.717) is 19.4 Å². The number of nitrogens with zero attached hydrogens (tertiary/aromatic N) is 1. The molecule has 1 aliphatic carbocycles. The molecule has 2 atom stereocenters. The molecule has 0 aromatic carbocycles. The largest absolute Gasteiger partial charge is 0.481 e. The Hall–Kier alpha value is -1.59. The second-order valence-electron chi connectivity index (χ2n) is 6.17. The smallest absolute Gasteiger partial charge is 0.308 e. The number of carbonyl (C=O) groups excluding carboxylic acids is 2. The third-order valence-corrected chi connectivity index (χ3v) is 4.54. The van der Waals surface area contributed by atoms with Crippen LogP contribution in [0.25, 0.3) is 0 Å². The van der Waals surface area contributed by atoms with Gasteiger partial charge < -0.3 is 15.3 Å². The fourth-order valence-corrected chi connectivity index (χ4v) is 3.23. The van der Waals surface area contributed by atoms with E-state index in [1.54, 1.807) is 11.8 Å². The SMILES string of the molecule is CC(NC(=O)C1CCCC1)C(=O)N1CCC[C@H](C(=O)O)C1. The molecular weight excluding hydrogens is 272 g/mol. The monoisotopic (exact) mass is 296 g/mol. The summed E-state index contributed by atoms with van der Waals surface area (Å²) in [5.41, 5.74) is 0. The molecular formula is C15H24N2O4. The minimum atomic E-state index is -0.852. The molecule has 2 fully saturated rings. The zero-order valence-corrected chi connectivity index (χ0v) is 12.5. The van der Waals surface area contributed by atoms with Gasteiger partial charge in [-0.05, 0) is 32.6 Å². The summed E-state index contributed by atoms with van der Waals surface area (Å²) in [5, 5.41) is 11.8. The zero-order valence-electron chi connectivity index (χ0n) is 12.5. The average molecular weight is 296 g/mol. The van der Waals surface area contributed by atoms with Crippen LogP contribution in [0.1, 0.15) is 45.4 Å². The second-order valence-corrected chi connectivity index (χ2v) is 6.17. The topological polar surface area (TPSA) is 86.7 Å². The van der Waals surface area contributed by atoms with E-state index in [9.17, 15) is 14.4 Å². The molecule has 2 N–H and O–H groups in total. The second kappa shape index (κ2) is 6.91. The lowest BCUT2D eigenvalue weighted by molar-refractivity contribution is -0.147.